The van der Waals surface area contributed by atoms with Crippen LogP contribution in [0.1, 0.15) is 28.5 Å². The molecule has 1 rings (SSSR count). The first kappa shape index (κ1) is 13.0. The SMILES string of the molecule is C#CCONC(=O)c1cc(CC)c(C)[nH]c1=O. The van der Waals surface area contributed by atoms with Crippen molar-refractivity contribution in [3.63, 3.8) is 0 Å². The van der Waals surface area contributed by atoms with E-state index in [1.807, 2.05) is 6.92 Å². The van der Waals surface area contributed by atoms with E-state index in [9.17, 15) is 9.59 Å². The molecule has 0 saturated carbocycles. The highest BCUT2D eigenvalue weighted by atomic mass is 16.6. The molecule has 0 saturated heterocycles. The summed E-state index contributed by atoms with van der Waals surface area (Å²) in [6.45, 7) is 3.68. The smallest absolute Gasteiger partial charge is 0.280 e. The number of pyridine rings is 1. The molecular formula is C12H14N2O3. The number of aryl methyl sites for hydroxylation is 2. The lowest BCUT2D eigenvalue weighted by atomic mass is 10.1. The number of carbonyl (C=O) groups excluding carboxylic acids is 1. The molecule has 17 heavy (non-hydrogen) atoms. The van der Waals surface area contributed by atoms with Crippen molar-refractivity contribution in [2.24, 2.45) is 0 Å². The Hall–Kier alpha value is -2.06. The second-order valence-electron chi connectivity index (χ2n) is 3.44. The summed E-state index contributed by atoms with van der Waals surface area (Å²) in [5, 5.41) is 0. The molecule has 0 aliphatic carbocycles. The van der Waals surface area contributed by atoms with Gasteiger partial charge in [-0.05, 0) is 25.0 Å². The van der Waals surface area contributed by atoms with Crippen LogP contribution in [0.5, 0.6) is 0 Å². The lowest BCUT2D eigenvalue weighted by Gasteiger charge is -2.06. The minimum atomic E-state index is -0.601. The molecule has 90 valence electrons. The van der Waals surface area contributed by atoms with Gasteiger partial charge in [-0.1, -0.05) is 12.8 Å². The molecule has 0 radical (unpaired) electrons. The number of carbonyl (C=O) groups is 1. The maximum Gasteiger partial charge on any atom is 0.280 e. The van der Waals surface area contributed by atoms with Crippen LogP contribution in [0.25, 0.3) is 0 Å². The first-order valence-electron chi connectivity index (χ1n) is 5.18. The molecule has 2 N–H and O–H groups in total. The average molecular weight is 234 g/mol. The predicted molar refractivity (Wildman–Crippen MR) is 63.4 cm³/mol. The molecule has 0 spiro atoms. The van der Waals surface area contributed by atoms with E-state index in [0.29, 0.717) is 0 Å². The topological polar surface area (TPSA) is 71.2 Å². The third-order valence-corrected chi connectivity index (χ3v) is 2.29. The number of amides is 1. The van der Waals surface area contributed by atoms with E-state index in [4.69, 9.17) is 6.42 Å². The maximum absolute atomic E-state index is 11.6. The van der Waals surface area contributed by atoms with E-state index in [-0.39, 0.29) is 12.2 Å². The van der Waals surface area contributed by atoms with Gasteiger partial charge in [0.05, 0.1) is 0 Å². The fourth-order valence-electron chi connectivity index (χ4n) is 1.40. The highest BCUT2D eigenvalue weighted by Gasteiger charge is 2.12. The van der Waals surface area contributed by atoms with Crippen LogP contribution < -0.4 is 11.0 Å². The van der Waals surface area contributed by atoms with Crippen LogP contribution >= 0.6 is 0 Å². The van der Waals surface area contributed by atoms with Crippen LogP contribution in [0.15, 0.2) is 10.9 Å². The molecular weight excluding hydrogens is 220 g/mol. The van der Waals surface area contributed by atoms with Gasteiger partial charge >= 0.3 is 0 Å². The zero-order valence-corrected chi connectivity index (χ0v) is 9.79. The monoisotopic (exact) mass is 234 g/mol. The Morgan fingerprint density at radius 3 is 2.94 bits per heavy atom. The van der Waals surface area contributed by atoms with Crippen molar-refractivity contribution in [3.8, 4) is 12.3 Å². The second-order valence-corrected chi connectivity index (χ2v) is 3.44. The van der Waals surface area contributed by atoms with Gasteiger partial charge in [-0.2, -0.15) is 0 Å². The number of aromatic nitrogens is 1. The summed E-state index contributed by atoms with van der Waals surface area (Å²) in [7, 11) is 0. The van der Waals surface area contributed by atoms with Crippen LogP contribution in [0.4, 0.5) is 0 Å². The Balaban J connectivity index is 2.94. The van der Waals surface area contributed by atoms with Gasteiger partial charge in [-0.3, -0.25) is 14.4 Å². The number of rotatable bonds is 4. The van der Waals surface area contributed by atoms with Crippen molar-refractivity contribution in [1.82, 2.24) is 10.5 Å². The van der Waals surface area contributed by atoms with Gasteiger partial charge in [0.15, 0.2) is 0 Å². The molecule has 0 aliphatic rings. The molecule has 1 heterocycles. The zero-order chi connectivity index (χ0) is 12.8. The van der Waals surface area contributed by atoms with Crippen LogP contribution in [-0.2, 0) is 11.3 Å². The van der Waals surface area contributed by atoms with Gasteiger partial charge in [0, 0.05) is 5.69 Å². The summed E-state index contributed by atoms with van der Waals surface area (Å²) in [4.78, 5) is 30.5. The Morgan fingerprint density at radius 1 is 1.65 bits per heavy atom. The Morgan fingerprint density at radius 2 is 2.35 bits per heavy atom. The van der Waals surface area contributed by atoms with E-state index in [0.717, 1.165) is 17.7 Å². The van der Waals surface area contributed by atoms with E-state index >= 15 is 0 Å². The number of H-pyrrole nitrogens is 1. The molecule has 0 bridgehead atoms. The zero-order valence-electron chi connectivity index (χ0n) is 9.79. The Labute approximate surface area is 99.1 Å². The Kier molecular flexibility index (Phi) is 4.49. The number of nitrogens with one attached hydrogen (secondary N) is 2. The summed E-state index contributed by atoms with van der Waals surface area (Å²) in [5.74, 6) is 1.60. The third-order valence-electron chi connectivity index (χ3n) is 2.29. The Bertz CT molecular complexity index is 511. The second kappa shape index (κ2) is 5.87. The van der Waals surface area contributed by atoms with Crippen LogP contribution in [0, 0.1) is 19.3 Å². The number of hydrogen-bond donors (Lipinski definition) is 2. The molecule has 0 aromatic carbocycles. The van der Waals surface area contributed by atoms with Gasteiger partial charge < -0.3 is 4.98 Å². The van der Waals surface area contributed by atoms with Crippen LogP contribution in [-0.4, -0.2) is 17.5 Å². The molecule has 0 atom stereocenters. The molecule has 1 amide bonds. The highest BCUT2D eigenvalue weighted by molar-refractivity contribution is 5.93. The normalized spacial score (nSPS) is 9.71. The quantitative estimate of drug-likeness (QED) is 0.454. The fraction of sp³-hybridized carbons (Fsp3) is 0.333. The minimum Gasteiger partial charge on any atom is -0.326 e. The van der Waals surface area contributed by atoms with Gasteiger partial charge in [-0.25, -0.2) is 5.48 Å². The van der Waals surface area contributed by atoms with E-state index in [1.165, 1.54) is 0 Å². The van der Waals surface area contributed by atoms with Gasteiger partial charge in [-0.15, -0.1) is 6.42 Å². The first-order valence-corrected chi connectivity index (χ1v) is 5.18. The molecule has 1 aromatic heterocycles. The molecule has 0 fully saturated rings. The number of hydrogen-bond acceptors (Lipinski definition) is 3. The van der Waals surface area contributed by atoms with Crippen molar-refractivity contribution in [3.05, 3.63) is 33.2 Å². The summed E-state index contributed by atoms with van der Waals surface area (Å²) >= 11 is 0. The van der Waals surface area contributed by atoms with Crippen molar-refractivity contribution < 1.29 is 9.63 Å². The summed E-state index contributed by atoms with van der Waals surface area (Å²) < 4.78 is 0. The molecule has 1 aromatic rings. The van der Waals surface area contributed by atoms with E-state index in [1.54, 1.807) is 13.0 Å². The maximum atomic E-state index is 11.6. The molecule has 5 nitrogen and oxygen atoms in total. The average Bonchev–Trinajstić information content (AvgIpc) is 2.29. The van der Waals surface area contributed by atoms with Crippen LogP contribution in [0.3, 0.4) is 0 Å². The van der Waals surface area contributed by atoms with Crippen molar-refractivity contribution in [2.75, 3.05) is 6.61 Å². The lowest BCUT2D eigenvalue weighted by Crippen LogP contribution is -2.30. The summed E-state index contributed by atoms with van der Waals surface area (Å²) in [6, 6.07) is 1.56. The van der Waals surface area contributed by atoms with Crippen molar-refractivity contribution >= 4 is 5.91 Å². The number of terminal acetylenes is 1. The van der Waals surface area contributed by atoms with Gasteiger partial charge in [0.2, 0.25) is 0 Å². The largest absolute Gasteiger partial charge is 0.326 e. The van der Waals surface area contributed by atoms with Crippen molar-refractivity contribution in [1.29, 1.82) is 0 Å². The lowest BCUT2D eigenvalue weighted by molar-refractivity contribution is 0.0436. The summed E-state index contributed by atoms with van der Waals surface area (Å²) in [5.41, 5.74) is 3.36. The standard InChI is InChI=1S/C12H14N2O3/c1-4-6-17-14-12(16)10-7-9(5-2)8(3)13-11(10)15/h1,7H,5-6H2,2-3H3,(H,13,15)(H,14,16). The minimum absolute atomic E-state index is 0.0180. The van der Waals surface area contributed by atoms with Gasteiger partial charge in [0.1, 0.15) is 12.2 Å². The highest BCUT2D eigenvalue weighted by Crippen LogP contribution is 2.05. The van der Waals surface area contributed by atoms with Crippen LogP contribution in [0.2, 0.25) is 0 Å². The van der Waals surface area contributed by atoms with E-state index in [2.05, 4.69) is 21.2 Å². The predicted octanol–water partition coefficient (Wildman–Crippen LogP) is 0.540. The molecule has 0 aliphatic heterocycles. The van der Waals surface area contributed by atoms with E-state index < -0.39 is 11.5 Å². The molecule has 5 heteroatoms. The van der Waals surface area contributed by atoms with Crippen molar-refractivity contribution in [2.45, 2.75) is 20.3 Å². The number of hydroxylamine groups is 1. The van der Waals surface area contributed by atoms with Gasteiger partial charge in [0.25, 0.3) is 11.5 Å². The fourth-order valence-corrected chi connectivity index (χ4v) is 1.40. The first-order chi connectivity index (χ1) is 8.10. The third kappa shape index (κ3) is 3.20. The number of aromatic amines is 1. The summed E-state index contributed by atoms with van der Waals surface area (Å²) in [6.07, 6.45) is 5.68. The molecule has 0 unspecified atom stereocenters.